The van der Waals surface area contributed by atoms with Gasteiger partial charge in [0.15, 0.2) is 0 Å². The molecule has 5 heteroatoms. The average Bonchev–Trinajstić information content (AvgIpc) is 2.65. The van der Waals surface area contributed by atoms with Gasteiger partial charge in [-0.1, -0.05) is 38.1 Å². The molecule has 0 aromatic heterocycles. The number of phenolic OH excluding ortho intramolecular Hbond substituents is 1. The number of esters is 2. The number of hydrogen-bond donors (Lipinski definition) is 1. The molecule has 2 aromatic carbocycles. The van der Waals surface area contributed by atoms with E-state index in [0.29, 0.717) is 25.9 Å². The van der Waals surface area contributed by atoms with Crippen LogP contribution in [0.5, 0.6) is 5.75 Å². The first-order chi connectivity index (χ1) is 13.3. The normalized spacial score (nSPS) is 14.3. The van der Waals surface area contributed by atoms with Crippen molar-refractivity contribution in [2.45, 2.75) is 53.1 Å². The van der Waals surface area contributed by atoms with E-state index < -0.39 is 0 Å². The minimum absolute atomic E-state index is 0.240. The summed E-state index contributed by atoms with van der Waals surface area (Å²) in [5.74, 6) is -0.948. The summed E-state index contributed by atoms with van der Waals surface area (Å²) in [7, 11) is 0. The van der Waals surface area contributed by atoms with E-state index in [1.54, 1.807) is 26.0 Å². The number of phenols is 1. The molecule has 1 N–H and O–H groups in total. The van der Waals surface area contributed by atoms with Gasteiger partial charge in [0.05, 0.1) is 18.4 Å². The first-order valence-electron chi connectivity index (χ1n) is 9.92. The van der Waals surface area contributed by atoms with Gasteiger partial charge in [-0.05, 0) is 55.2 Å². The molecule has 5 nitrogen and oxygen atoms in total. The molecule has 0 radical (unpaired) electrons. The van der Waals surface area contributed by atoms with E-state index in [1.807, 2.05) is 38.1 Å². The number of carbonyl (C=O) groups excluding carboxylic acids is 2. The Balaban J connectivity index is 1.92. The highest BCUT2D eigenvalue weighted by Gasteiger charge is 2.26. The zero-order chi connectivity index (χ0) is 20.7. The lowest BCUT2D eigenvalue weighted by molar-refractivity contribution is -0.155. The smallest absolute Gasteiger partial charge is 0.308 e. The van der Waals surface area contributed by atoms with Crippen LogP contribution in [-0.2, 0) is 25.5 Å². The quantitative estimate of drug-likeness (QED) is 0.636. The third-order valence-corrected chi connectivity index (χ3v) is 4.88. The van der Waals surface area contributed by atoms with Crippen molar-refractivity contribution >= 4 is 22.7 Å². The minimum Gasteiger partial charge on any atom is -0.508 e. The Morgan fingerprint density at radius 3 is 2.36 bits per heavy atom. The second-order valence-corrected chi connectivity index (χ2v) is 7.31. The molecular weight excluding hydrogens is 356 g/mol. The highest BCUT2D eigenvalue weighted by atomic mass is 16.5. The maximum absolute atomic E-state index is 12.4. The average molecular weight is 386 g/mol. The zero-order valence-corrected chi connectivity index (χ0v) is 17.1. The van der Waals surface area contributed by atoms with E-state index in [4.69, 9.17) is 9.47 Å². The predicted molar refractivity (Wildman–Crippen MR) is 109 cm³/mol. The lowest BCUT2D eigenvalue weighted by Gasteiger charge is -2.20. The molecule has 0 amide bonds. The Bertz CT molecular complexity index is 814. The van der Waals surface area contributed by atoms with Gasteiger partial charge in [0.25, 0.3) is 0 Å². The summed E-state index contributed by atoms with van der Waals surface area (Å²) in [6.07, 6.45) is 1.40. The Hall–Kier alpha value is -2.56. The van der Waals surface area contributed by atoms with Gasteiger partial charge >= 0.3 is 11.9 Å². The van der Waals surface area contributed by atoms with Crippen LogP contribution in [0.1, 0.15) is 46.1 Å². The van der Waals surface area contributed by atoms with Crippen LogP contribution in [0.15, 0.2) is 36.4 Å². The largest absolute Gasteiger partial charge is 0.508 e. The monoisotopic (exact) mass is 386 g/mol. The highest BCUT2D eigenvalue weighted by molar-refractivity contribution is 5.84. The number of hydrogen-bond acceptors (Lipinski definition) is 5. The Morgan fingerprint density at radius 1 is 1.00 bits per heavy atom. The summed E-state index contributed by atoms with van der Waals surface area (Å²) in [4.78, 5) is 24.4. The summed E-state index contributed by atoms with van der Waals surface area (Å²) >= 11 is 0. The summed E-state index contributed by atoms with van der Waals surface area (Å²) in [5, 5.41) is 11.5. The molecule has 152 valence electrons. The molecule has 2 rings (SSSR count). The molecule has 0 bridgehead atoms. The summed E-state index contributed by atoms with van der Waals surface area (Å²) in [6, 6.07) is 11.2. The number of aromatic hydroxyl groups is 1. The van der Waals surface area contributed by atoms with Crippen molar-refractivity contribution in [2.75, 3.05) is 6.61 Å². The number of carbonyl (C=O) groups is 2. The molecule has 28 heavy (non-hydrogen) atoms. The van der Waals surface area contributed by atoms with Crippen LogP contribution in [0.3, 0.4) is 0 Å². The Kier molecular flexibility index (Phi) is 7.85. The van der Waals surface area contributed by atoms with Gasteiger partial charge in [-0.2, -0.15) is 0 Å². The highest BCUT2D eigenvalue weighted by Crippen LogP contribution is 2.23. The van der Waals surface area contributed by atoms with Crippen LogP contribution in [0.25, 0.3) is 10.8 Å². The van der Waals surface area contributed by atoms with Crippen molar-refractivity contribution < 1.29 is 24.2 Å². The van der Waals surface area contributed by atoms with Crippen molar-refractivity contribution in [1.29, 1.82) is 0 Å². The van der Waals surface area contributed by atoms with Gasteiger partial charge in [0.2, 0.25) is 0 Å². The van der Waals surface area contributed by atoms with E-state index in [9.17, 15) is 14.7 Å². The van der Waals surface area contributed by atoms with Crippen molar-refractivity contribution in [2.24, 2.45) is 11.8 Å². The molecule has 0 heterocycles. The van der Waals surface area contributed by atoms with Crippen LogP contribution in [0, 0.1) is 11.8 Å². The third-order valence-electron chi connectivity index (χ3n) is 4.88. The lowest BCUT2D eigenvalue weighted by atomic mass is 9.93. The summed E-state index contributed by atoms with van der Waals surface area (Å²) in [5.41, 5.74) is 1.06. The second kappa shape index (κ2) is 10.1. The van der Waals surface area contributed by atoms with E-state index in [-0.39, 0.29) is 35.6 Å². The third kappa shape index (κ3) is 5.98. The van der Waals surface area contributed by atoms with Crippen LogP contribution in [-0.4, -0.2) is 29.8 Å². The standard InChI is InChI=1S/C23H30O5/c1-5-18(23(26)27-6-2)11-15(3)22(25)28-16(4)12-17-7-8-20-14-21(24)10-9-19(20)13-17/h7-10,13-16,18,24H,5-6,11-12H2,1-4H3. The van der Waals surface area contributed by atoms with Gasteiger partial charge in [-0.25, -0.2) is 0 Å². The maximum atomic E-state index is 12.4. The van der Waals surface area contributed by atoms with E-state index in [2.05, 4.69) is 0 Å². The van der Waals surface area contributed by atoms with Gasteiger partial charge in [-0.15, -0.1) is 0 Å². The fraction of sp³-hybridized carbons (Fsp3) is 0.478. The van der Waals surface area contributed by atoms with Crippen LogP contribution < -0.4 is 0 Å². The molecule has 0 saturated carbocycles. The zero-order valence-electron chi connectivity index (χ0n) is 17.1. The first-order valence-corrected chi connectivity index (χ1v) is 9.92. The molecule has 3 unspecified atom stereocenters. The van der Waals surface area contributed by atoms with Gasteiger partial charge in [0, 0.05) is 6.42 Å². The maximum Gasteiger partial charge on any atom is 0.308 e. The molecule has 0 spiro atoms. The molecule has 2 aromatic rings. The van der Waals surface area contributed by atoms with Crippen molar-refractivity contribution in [1.82, 2.24) is 0 Å². The van der Waals surface area contributed by atoms with E-state index in [0.717, 1.165) is 16.3 Å². The molecular formula is C23H30O5. The van der Waals surface area contributed by atoms with E-state index in [1.165, 1.54) is 0 Å². The second-order valence-electron chi connectivity index (χ2n) is 7.31. The predicted octanol–water partition coefficient (Wildman–Crippen LogP) is 4.64. The van der Waals surface area contributed by atoms with Crippen molar-refractivity contribution in [3.63, 3.8) is 0 Å². The summed E-state index contributed by atoms with van der Waals surface area (Å²) in [6.45, 7) is 7.70. The first kappa shape index (κ1) is 21.7. The number of ether oxygens (including phenoxy) is 2. The van der Waals surface area contributed by atoms with Gasteiger partial charge < -0.3 is 14.6 Å². The Labute approximate surface area is 166 Å². The molecule has 3 atom stereocenters. The van der Waals surface area contributed by atoms with Crippen LogP contribution in [0.2, 0.25) is 0 Å². The van der Waals surface area contributed by atoms with Crippen molar-refractivity contribution in [3.05, 3.63) is 42.0 Å². The van der Waals surface area contributed by atoms with E-state index >= 15 is 0 Å². The molecule has 0 aliphatic rings. The minimum atomic E-state index is -0.364. The fourth-order valence-electron chi connectivity index (χ4n) is 3.31. The van der Waals surface area contributed by atoms with Gasteiger partial charge in [0.1, 0.15) is 11.9 Å². The number of fused-ring (bicyclic) bond motifs is 1. The fourth-order valence-corrected chi connectivity index (χ4v) is 3.31. The molecule has 0 saturated heterocycles. The van der Waals surface area contributed by atoms with Gasteiger partial charge in [-0.3, -0.25) is 9.59 Å². The Morgan fingerprint density at radius 2 is 1.68 bits per heavy atom. The lowest BCUT2D eigenvalue weighted by Crippen LogP contribution is -2.27. The van der Waals surface area contributed by atoms with Crippen LogP contribution in [0.4, 0.5) is 0 Å². The molecule has 0 fully saturated rings. The molecule has 0 aliphatic heterocycles. The van der Waals surface area contributed by atoms with Crippen LogP contribution >= 0.6 is 0 Å². The number of rotatable bonds is 9. The summed E-state index contributed by atoms with van der Waals surface area (Å²) < 4.78 is 10.7. The number of benzene rings is 2. The topological polar surface area (TPSA) is 72.8 Å². The molecule has 0 aliphatic carbocycles. The van der Waals surface area contributed by atoms with Crippen molar-refractivity contribution in [3.8, 4) is 5.75 Å². The SMILES string of the molecule is CCOC(=O)C(CC)CC(C)C(=O)OC(C)Cc1ccc2cc(O)ccc2c1.